The minimum atomic E-state index is -0.538. The first-order valence-electron chi connectivity index (χ1n) is 13.7. The van der Waals surface area contributed by atoms with Crippen LogP contribution in [0.4, 0.5) is 4.39 Å². The molecule has 1 N–H and O–H groups in total. The molecule has 1 aliphatic rings. The Hall–Kier alpha value is -2.64. The van der Waals surface area contributed by atoms with Gasteiger partial charge in [0.25, 0.3) is 5.88 Å². The van der Waals surface area contributed by atoms with Crippen molar-refractivity contribution in [1.82, 2.24) is 20.3 Å². The van der Waals surface area contributed by atoms with Crippen molar-refractivity contribution in [2.75, 3.05) is 7.05 Å². The van der Waals surface area contributed by atoms with Crippen molar-refractivity contribution < 1.29 is 13.9 Å². The maximum Gasteiger partial charge on any atom is 0.258 e. The summed E-state index contributed by atoms with van der Waals surface area (Å²) in [5.74, 6) is -0.460. The summed E-state index contributed by atoms with van der Waals surface area (Å²) in [5.41, 5.74) is 5.69. The highest BCUT2D eigenvalue weighted by molar-refractivity contribution is 6.28. The molecule has 0 amide bonds. The molecule has 6 nitrogen and oxygen atoms in total. The average Bonchev–Trinajstić information content (AvgIpc) is 2.91. The van der Waals surface area contributed by atoms with Crippen molar-refractivity contribution in [2.45, 2.75) is 86.6 Å². The molecule has 206 valence electrons. The van der Waals surface area contributed by atoms with Crippen LogP contribution in [0.1, 0.15) is 90.3 Å². The average molecular weight is 543 g/mol. The number of aryl methyl sites for hydroxylation is 1. The first kappa shape index (κ1) is 29.9. The zero-order valence-corrected chi connectivity index (χ0v) is 24.4. The highest BCUT2D eigenvalue weighted by Gasteiger charge is 2.33. The van der Waals surface area contributed by atoms with Gasteiger partial charge in [0.2, 0.25) is 11.2 Å². The van der Waals surface area contributed by atoms with E-state index < -0.39 is 5.82 Å². The molecule has 0 aliphatic heterocycles. The second-order valence-electron chi connectivity index (χ2n) is 10.2. The molecule has 2 aromatic heterocycles. The fourth-order valence-electron chi connectivity index (χ4n) is 5.02. The number of allylic oxidation sites excluding steroid dienone is 4. The van der Waals surface area contributed by atoms with Crippen LogP contribution in [0, 0.1) is 17.7 Å². The van der Waals surface area contributed by atoms with Gasteiger partial charge in [-0.2, -0.15) is 4.98 Å². The lowest BCUT2D eigenvalue weighted by Gasteiger charge is -2.30. The lowest BCUT2D eigenvalue weighted by atomic mass is 9.74. The largest absolute Gasteiger partial charge is 0.417 e. The maximum atomic E-state index is 16.4. The van der Waals surface area contributed by atoms with Gasteiger partial charge in [0.1, 0.15) is 0 Å². The molecule has 2 atom stereocenters. The number of aromatic nitrogens is 3. The predicted molar refractivity (Wildman–Crippen MR) is 151 cm³/mol. The third kappa shape index (κ3) is 6.32. The third-order valence-corrected chi connectivity index (χ3v) is 7.61. The van der Waals surface area contributed by atoms with E-state index in [1.807, 2.05) is 13.8 Å². The number of ketones is 1. The number of Topliss-reactive ketones (excluding diaryl/α,β-unsaturated/α-hetero) is 1. The van der Waals surface area contributed by atoms with Gasteiger partial charge >= 0.3 is 0 Å². The molecule has 1 aliphatic carbocycles. The van der Waals surface area contributed by atoms with Gasteiger partial charge in [-0.05, 0) is 80.3 Å². The van der Waals surface area contributed by atoms with Crippen LogP contribution in [-0.2, 0) is 17.8 Å². The van der Waals surface area contributed by atoms with E-state index in [-0.39, 0.29) is 34.7 Å². The second kappa shape index (κ2) is 13.4. The van der Waals surface area contributed by atoms with Gasteiger partial charge in [0.05, 0.1) is 0 Å². The molecule has 2 aromatic rings. The molecule has 0 spiro atoms. The van der Waals surface area contributed by atoms with Gasteiger partial charge in [-0.1, -0.05) is 46.6 Å². The number of carbonyl (C=O) groups excluding carboxylic acids is 1. The number of carbonyl (C=O) groups is 1. The summed E-state index contributed by atoms with van der Waals surface area (Å²) < 4.78 is 22.3. The molecule has 3 rings (SSSR count). The molecule has 38 heavy (non-hydrogen) atoms. The molecule has 0 bridgehead atoms. The van der Waals surface area contributed by atoms with Crippen LogP contribution in [0.5, 0.6) is 11.8 Å². The van der Waals surface area contributed by atoms with Crippen molar-refractivity contribution in [1.29, 1.82) is 0 Å². The Balaban J connectivity index is 2.25. The summed E-state index contributed by atoms with van der Waals surface area (Å²) in [6.45, 7) is 12.8. The number of nitrogens with one attached hydrogen (secondary N) is 1. The van der Waals surface area contributed by atoms with E-state index in [4.69, 9.17) is 16.3 Å². The van der Waals surface area contributed by atoms with Gasteiger partial charge in [0.15, 0.2) is 11.6 Å². The van der Waals surface area contributed by atoms with Crippen molar-refractivity contribution >= 4 is 23.0 Å². The van der Waals surface area contributed by atoms with E-state index >= 15 is 4.39 Å². The summed E-state index contributed by atoms with van der Waals surface area (Å²) in [5, 5.41) is 3.03. The van der Waals surface area contributed by atoms with Crippen molar-refractivity contribution in [3.63, 3.8) is 0 Å². The Morgan fingerprint density at radius 3 is 2.50 bits per heavy atom. The number of ether oxygens (including phenoxy) is 1. The minimum absolute atomic E-state index is 0.00503. The number of hydrogen-bond donors (Lipinski definition) is 1. The van der Waals surface area contributed by atoms with E-state index in [1.54, 1.807) is 19.4 Å². The summed E-state index contributed by atoms with van der Waals surface area (Å²) in [4.78, 5) is 26.2. The van der Waals surface area contributed by atoms with E-state index in [9.17, 15) is 4.79 Å². The normalized spacial score (nSPS) is 15.6. The van der Waals surface area contributed by atoms with Crippen LogP contribution in [0.2, 0.25) is 5.28 Å². The standard InChI is InChI=1S/C30H40ClFN4O2/c1-8-11-19(6)24(27(37)18(5)10-3)22-13-12-20-15-34-29(26(32)25(20)23(22)17(4)9-2)38-28-21(14-33-7)16-35-30(31)36-28/h15-18,33H,8-14H2,1-7H3/b24-19-. The summed E-state index contributed by atoms with van der Waals surface area (Å²) in [7, 11) is 1.78. The smallest absolute Gasteiger partial charge is 0.258 e. The van der Waals surface area contributed by atoms with E-state index in [0.29, 0.717) is 30.5 Å². The predicted octanol–water partition coefficient (Wildman–Crippen LogP) is 7.65. The van der Waals surface area contributed by atoms with Crippen molar-refractivity contribution in [3.8, 4) is 11.8 Å². The second-order valence-corrected chi connectivity index (χ2v) is 10.5. The Labute approximate surface area is 231 Å². The lowest BCUT2D eigenvalue weighted by Crippen LogP contribution is -2.21. The Morgan fingerprint density at radius 1 is 1.13 bits per heavy atom. The number of fused-ring (bicyclic) bond motifs is 1. The molecule has 0 saturated heterocycles. The van der Waals surface area contributed by atoms with Crippen LogP contribution >= 0.6 is 11.6 Å². The first-order chi connectivity index (χ1) is 18.2. The Morgan fingerprint density at radius 2 is 1.87 bits per heavy atom. The van der Waals surface area contributed by atoms with Crippen LogP contribution < -0.4 is 10.1 Å². The number of pyridine rings is 1. The maximum absolute atomic E-state index is 16.4. The fraction of sp³-hybridized carbons (Fsp3) is 0.533. The summed E-state index contributed by atoms with van der Waals surface area (Å²) in [6, 6.07) is 0. The van der Waals surface area contributed by atoms with Crippen molar-refractivity contribution in [2.24, 2.45) is 11.8 Å². The number of nitrogens with zero attached hydrogens (tertiary/aromatic N) is 3. The first-order valence-corrected chi connectivity index (χ1v) is 14.0. The quantitative estimate of drug-likeness (QED) is 0.219. The molecule has 8 heteroatoms. The molecule has 2 heterocycles. The zero-order chi connectivity index (χ0) is 28.0. The van der Waals surface area contributed by atoms with E-state index in [2.05, 4.69) is 48.0 Å². The summed E-state index contributed by atoms with van der Waals surface area (Å²) in [6.07, 6.45) is 7.87. The Bertz CT molecular complexity index is 1240. The number of rotatable bonds is 12. The molecule has 0 saturated carbocycles. The lowest BCUT2D eigenvalue weighted by molar-refractivity contribution is -0.118. The fourth-order valence-corrected chi connectivity index (χ4v) is 5.15. The molecule has 0 aromatic carbocycles. The zero-order valence-electron chi connectivity index (χ0n) is 23.7. The van der Waals surface area contributed by atoms with Gasteiger partial charge in [0, 0.05) is 41.6 Å². The molecular formula is C30H40ClFN4O2. The van der Waals surface area contributed by atoms with Crippen LogP contribution in [0.15, 0.2) is 29.1 Å². The SMILES string of the molecule is CCC/C(C)=C(\C(=O)C(C)CC)C1=C(C(C)CC)c2c(cnc(Oc3nc(Cl)ncc3CNC)c2F)CC1. The van der Waals surface area contributed by atoms with Gasteiger partial charge < -0.3 is 10.1 Å². The van der Waals surface area contributed by atoms with Crippen LogP contribution in [-0.4, -0.2) is 27.8 Å². The monoisotopic (exact) mass is 542 g/mol. The minimum Gasteiger partial charge on any atom is -0.417 e. The van der Waals surface area contributed by atoms with Crippen LogP contribution in [0.25, 0.3) is 5.57 Å². The number of hydrogen-bond acceptors (Lipinski definition) is 6. The van der Waals surface area contributed by atoms with Gasteiger partial charge in [-0.15, -0.1) is 0 Å². The van der Waals surface area contributed by atoms with Gasteiger partial charge in [-0.25, -0.2) is 14.4 Å². The molecule has 0 radical (unpaired) electrons. The number of halogens is 2. The highest BCUT2D eigenvalue weighted by atomic mass is 35.5. The van der Waals surface area contributed by atoms with Gasteiger partial charge in [-0.3, -0.25) is 4.79 Å². The molecule has 0 fully saturated rings. The molecule has 2 unspecified atom stereocenters. The van der Waals surface area contributed by atoms with E-state index in [1.165, 1.54) is 0 Å². The summed E-state index contributed by atoms with van der Waals surface area (Å²) >= 11 is 6.02. The van der Waals surface area contributed by atoms with Crippen molar-refractivity contribution in [3.05, 3.63) is 56.9 Å². The van der Waals surface area contributed by atoms with Crippen LogP contribution in [0.3, 0.4) is 0 Å². The van der Waals surface area contributed by atoms with E-state index in [0.717, 1.165) is 53.5 Å². The topological polar surface area (TPSA) is 77.0 Å². The Kier molecular flexibility index (Phi) is 10.6. The third-order valence-electron chi connectivity index (χ3n) is 7.43. The molecular weight excluding hydrogens is 503 g/mol. The highest BCUT2D eigenvalue weighted by Crippen LogP contribution is 2.45.